The minimum Gasteiger partial charge on any atom is -0.491 e. The number of rotatable bonds is 8. The quantitative estimate of drug-likeness (QED) is 0.634. The van der Waals surface area contributed by atoms with Crippen molar-refractivity contribution in [1.29, 1.82) is 0 Å². The zero-order valence-corrected chi connectivity index (χ0v) is 13.6. The first kappa shape index (κ1) is 18.5. The summed E-state index contributed by atoms with van der Waals surface area (Å²) in [4.78, 5) is 33.7. The van der Waals surface area contributed by atoms with Crippen molar-refractivity contribution < 1.29 is 19.1 Å². The van der Waals surface area contributed by atoms with Crippen LogP contribution in [-0.4, -0.2) is 43.5 Å². The van der Waals surface area contributed by atoms with Gasteiger partial charge >= 0.3 is 0 Å². The Labute approximate surface area is 135 Å². The number of amides is 3. The van der Waals surface area contributed by atoms with E-state index >= 15 is 0 Å². The Balaban J connectivity index is 2.24. The lowest BCUT2D eigenvalue weighted by Gasteiger charge is -2.16. The first-order valence-electron chi connectivity index (χ1n) is 7.37. The van der Waals surface area contributed by atoms with Crippen molar-refractivity contribution in [2.75, 3.05) is 19.7 Å². The zero-order chi connectivity index (χ0) is 17.2. The fourth-order valence-corrected chi connectivity index (χ4v) is 1.75. The molecule has 126 valence electrons. The van der Waals surface area contributed by atoms with E-state index in [0.717, 1.165) is 11.3 Å². The molecule has 0 saturated carbocycles. The maximum Gasteiger partial charge on any atom is 0.239 e. The SMILES string of the molecule is CC(=O)NCC(=O)NCC(=O)N[C@@H](C)COc1ccccc1C. The summed E-state index contributed by atoms with van der Waals surface area (Å²) >= 11 is 0. The van der Waals surface area contributed by atoms with E-state index in [-0.39, 0.29) is 30.9 Å². The van der Waals surface area contributed by atoms with Crippen molar-refractivity contribution in [3.8, 4) is 5.75 Å². The molecule has 0 aliphatic carbocycles. The Morgan fingerprint density at radius 3 is 2.39 bits per heavy atom. The molecule has 0 aromatic heterocycles. The van der Waals surface area contributed by atoms with E-state index in [4.69, 9.17) is 4.74 Å². The van der Waals surface area contributed by atoms with Crippen LogP contribution in [0.15, 0.2) is 24.3 Å². The third-order valence-corrected chi connectivity index (χ3v) is 2.93. The van der Waals surface area contributed by atoms with Gasteiger partial charge in [-0.1, -0.05) is 18.2 Å². The lowest BCUT2D eigenvalue weighted by atomic mass is 10.2. The number of carbonyl (C=O) groups is 3. The molecule has 0 radical (unpaired) electrons. The number of ether oxygens (including phenoxy) is 1. The largest absolute Gasteiger partial charge is 0.491 e. The normalized spacial score (nSPS) is 11.3. The molecule has 0 heterocycles. The highest BCUT2D eigenvalue weighted by molar-refractivity contribution is 5.87. The van der Waals surface area contributed by atoms with E-state index in [9.17, 15) is 14.4 Å². The van der Waals surface area contributed by atoms with Gasteiger partial charge in [-0.3, -0.25) is 14.4 Å². The molecule has 1 aromatic rings. The molecule has 0 aliphatic rings. The number of hydrogen-bond acceptors (Lipinski definition) is 4. The van der Waals surface area contributed by atoms with Gasteiger partial charge < -0.3 is 20.7 Å². The first-order chi connectivity index (χ1) is 10.9. The molecule has 0 spiro atoms. The summed E-state index contributed by atoms with van der Waals surface area (Å²) in [6, 6.07) is 7.43. The van der Waals surface area contributed by atoms with E-state index in [2.05, 4.69) is 16.0 Å². The summed E-state index contributed by atoms with van der Waals surface area (Å²) in [6.07, 6.45) is 0. The fraction of sp³-hybridized carbons (Fsp3) is 0.438. The van der Waals surface area contributed by atoms with Crippen molar-refractivity contribution in [1.82, 2.24) is 16.0 Å². The van der Waals surface area contributed by atoms with Crippen molar-refractivity contribution >= 4 is 17.7 Å². The van der Waals surface area contributed by atoms with E-state index in [1.165, 1.54) is 6.92 Å². The molecule has 1 atom stereocenters. The third-order valence-electron chi connectivity index (χ3n) is 2.93. The Morgan fingerprint density at radius 2 is 1.74 bits per heavy atom. The molecule has 7 nitrogen and oxygen atoms in total. The second-order valence-corrected chi connectivity index (χ2v) is 5.23. The Bertz CT molecular complexity index is 560. The van der Waals surface area contributed by atoms with Crippen molar-refractivity contribution in [3.05, 3.63) is 29.8 Å². The smallest absolute Gasteiger partial charge is 0.239 e. The Kier molecular flexibility index (Phi) is 7.59. The highest BCUT2D eigenvalue weighted by Gasteiger charge is 2.10. The highest BCUT2D eigenvalue weighted by Crippen LogP contribution is 2.16. The average Bonchev–Trinajstić information content (AvgIpc) is 2.50. The van der Waals surface area contributed by atoms with Gasteiger partial charge in [-0.25, -0.2) is 0 Å². The molecule has 0 fully saturated rings. The lowest BCUT2D eigenvalue weighted by molar-refractivity contribution is -0.127. The molecule has 3 amide bonds. The van der Waals surface area contributed by atoms with Crippen LogP contribution in [0.5, 0.6) is 5.75 Å². The van der Waals surface area contributed by atoms with Gasteiger partial charge in [0, 0.05) is 6.92 Å². The van der Waals surface area contributed by atoms with Crippen molar-refractivity contribution in [2.24, 2.45) is 0 Å². The summed E-state index contributed by atoms with van der Waals surface area (Å²) < 4.78 is 5.64. The first-order valence-corrected chi connectivity index (χ1v) is 7.37. The van der Waals surface area contributed by atoms with Crippen molar-refractivity contribution in [3.63, 3.8) is 0 Å². The summed E-state index contributed by atoms with van der Waals surface area (Å²) in [5.74, 6) is -0.259. The van der Waals surface area contributed by atoms with Crippen LogP contribution in [0.2, 0.25) is 0 Å². The van der Waals surface area contributed by atoms with Crippen molar-refractivity contribution in [2.45, 2.75) is 26.8 Å². The topological polar surface area (TPSA) is 96.5 Å². The number of carbonyl (C=O) groups excluding carboxylic acids is 3. The maximum atomic E-state index is 11.7. The molecule has 7 heteroatoms. The zero-order valence-electron chi connectivity index (χ0n) is 13.6. The molecule has 3 N–H and O–H groups in total. The minimum atomic E-state index is -0.417. The summed E-state index contributed by atoms with van der Waals surface area (Å²) in [7, 11) is 0. The van der Waals surface area contributed by atoms with Crippen LogP contribution < -0.4 is 20.7 Å². The number of benzene rings is 1. The molecule has 0 aliphatic heterocycles. The van der Waals surface area contributed by atoms with E-state index in [1.807, 2.05) is 38.1 Å². The summed E-state index contributed by atoms with van der Waals surface area (Å²) in [5.41, 5.74) is 1.02. The number of para-hydroxylation sites is 1. The molecule has 23 heavy (non-hydrogen) atoms. The van der Waals surface area contributed by atoms with Gasteiger partial charge in [0.05, 0.1) is 19.1 Å². The van der Waals surface area contributed by atoms with E-state index < -0.39 is 5.91 Å². The fourth-order valence-electron chi connectivity index (χ4n) is 1.75. The highest BCUT2D eigenvalue weighted by atomic mass is 16.5. The van der Waals surface area contributed by atoms with E-state index in [1.54, 1.807) is 0 Å². The van der Waals surface area contributed by atoms with Gasteiger partial charge in [0.2, 0.25) is 17.7 Å². The standard InChI is InChI=1S/C16H23N3O4/c1-11-6-4-5-7-14(11)23-10-12(2)19-16(22)9-18-15(21)8-17-13(3)20/h4-7,12H,8-10H2,1-3H3,(H,17,20)(H,18,21)(H,19,22)/t12-/m0/s1. The second-order valence-electron chi connectivity index (χ2n) is 5.23. The van der Waals surface area contributed by atoms with Gasteiger partial charge in [-0.05, 0) is 25.5 Å². The predicted molar refractivity (Wildman–Crippen MR) is 86.0 cm³/mol. The van der Waals surface area contributed by atoms with Crippen LogP contribution in [0.4, 0.5) is 0 Å². The molecular formula is C16H23N3O4. The minimum absolute atomic E-state index is 0.144. The monoisotopic (exact) mass is 321 g/mol. The van der Waals surface area contributed by atoms with Crippen LogP contribution in [0.3, 0.4) is 0 Å². The number of nitrogens with one attached hydrogen (secondary N) is 3. The van der Waals surface area contributed by atoms with Gasteiger partial charge in [-0.15, -0.1) is 0 Å². The van der Waals surface area contributed by atoms with Crippen LogP contribution in [-0.2, 0) is 14.4 Å². The summed E-state index contributed by atoms with van der Waals surface area (Å²) in [5, 5.41) is 7.49. The molecule has 0 bridgehead atoms. The van der Waals surface area contributed by atoms with Crippen LogP contribution >= 0.6 is 0 Å². The Hall–Kier alpha value is -2.57. The average molecular weight is 321 g/mol. The number of hydrogen-bond donors (Lipinski definition) is 3. The van der Waals surface area contributed by atoms with Gasteiger partial charge in [-0.2, -0.15) is 0 Å². The molecule has 0 unspecified atom stereocenters. The maximum absolute atomic E-state index is 11.7. The van der Waals surface area contributed by atoms with Gasteiger partial charge in [0.15, 0.2) is 0 Å². The van der Waals surface area contributed by atoms with Crippen LogP contribution in [0.1, 0.15) is 19.4 Å². The molecule has 0 saturated heterocycles. The Morgan fingerprint density at radius 1 is 1.09 bits per heavy atom. The predicted octanol–water partition coefficient (Wildman–Crippen LogP) is 0.131. The molecule has 1 rings (SSSR count). The molecule has 1 aromatic carbocycles. The van der Waals surface area contributed by atoms with Gasteiger partial charge in [0.1, 0.15) is 12.4 Å². The second kappa shape index (κ2) is 9.45. The van der Waals surface area contributed by atoms with Gasteiger partial charge in [0.25, 0.3) is 0 Å². The summed E-state index contributed by atoms with van der Waals surface area (Å²) in [6.45, 7) is 5.12. The van der Waals surface area contributed by atoms with Crippen LogP contribution in [0, 0.1) is 6.92 Å². The van der Waals surface area contributed by atoms with Crippen LogP contribution in [0.25, 0.3) is 0 Å². The third kappa shape index (κ3) is 7.85. The van der Waals surface area contributed by atoms with E-state index in [0.29, 0.717) is 6.61 Å². The molecular weight excluding hydrogens is 298 g/mol. The lowest BCUT2D eigenvalue weighted by Crippen LogP contribution is -2.45. The number of aryl methyl sites for hydroxylation is 1.